The molecule has 0 fully saturated rings. The number of halogens is 1. The van der Waals surface area contributed by atoms with Crippen molar-refractivity contribution in [3.63, 3.8) is 0 Å². The third-order valence-electron chi connectivity index (χ3n) is 4.08. The van der Waals surface area contributed by atoms with Crippen LogP contribution >= 0.6 is 27.3 Å². The van der Waals surface area contributed by atoms with Crippen LogP contribution in [0.3, 0.4) is 0 Å². The summed E-state index contributed by atoms with van der Waals surface area (Å²) < 4.78 is 1.02. The lowest BCUT2D eigenvalue weighted by Crippen LogP contribution is -2.10. The van der Waals surface area contributed by atoms with Gasteiger partial charge in [0, 0.05) is 21.5 Å². The summed E-state index contributed by atoms with van der Waals surface area (Å²) in [6.45, 7) is 6.55. The van der Waals surface area contributed by atoms with Gasteiger partial charge in [-0.1, -0.05) is 73.1 Å². The predicted octanol–water partition coefficient (Wildman–Crippen LogP) is 6.52. The van der Waals surface area contributed by atoms with Crippen molar-refractivity contribution in [2.45, 2.75) is 26.2 Å². The molecule has 0 aliphatic rings. The van der Waals surface area contributed by atoms with Gasteiger partial charge in [0.15, 0.2) is 5.13 Å². The van der Waals surface area contributed by atoms with Crippen molar-refractivity contribution in [3.8, 4) is 11.3 Å². The van der Waals surface area contributed by atoms with Crippen LogP contribution in [-0.4, -0.2) is 10.9 Å². The second-order valence-corrected chi connectivity index (χ2v) is 9.01. The van der Waals surface area contributed by atoms with Crippen molar-refractivity contribution in [3.05, 3.63) is 75.6 Å². The van der Waals surface area contributed by atoms with Crippen molar-refractivity contribution in [2.75, 3.05) is 5.32 Å². The van der Waals surface area contributed by atoms with E-state index in [4.69, 9.17) is 0 Å². The predicted molar refractivity (Wildman–Crippen MR) is 118 cm³/mol. The van der Waals surface area contributed by atoms with Crippen LogP contribution in [0.15, 0.2) is 64.5 Å². The van der Waals surface area contributed by atoms with E-state index in [1.165, 1.54) is 23.0 Å². The first-order valence-electron chi connectivity index (χ1n) is 8.62. The summed E-state index contributed by atoms with van der Waals surface area (Å²) in [7, 11) is 0. The first-order chi connectivity index (χ1) is 12.8. The largest absolute Gasteiger partial charge is 0.298 e. The molecule has 2 aromatic carbocycles. The number of amides is 1. The number of aromatic nitrogens is 1. The van der Waals surface area contributed by atoms with E-state index in [0.717, 1.165) is 21.3 Å². The molecule has 27 heavy (non-hydrogen) atoms. The van der Waals surface area contributed by atoms with Crippen LogP contribution in [0.4, 0.5) is 5.13 Å². The van der Waals surface area contributed by atoms with Crippen molar-refractivity contribution >= 4 is 44.4 Å². The van der Waals surface area contributed by atoms with Gasteiger partial charge in [-0.25, -0.2) is 4.98 Å². The Hall–Kier alpha value is -2.24. The molecule has 0 saturated heterocycles. The standard InChI is InChI=1S/C22H21BrN2OS/c1-22(2,3)17-9-4-15(5-10-17)6-13-20(26)25-21-24-19(14-27-21)16-7-11-18(23)12-8-16/h4-14H,1-3H3,(H,24,25,26). The number of hydrogen-bond donors (Lipinski definition) is 1. The van der Waals surface area contributed by atoms with Crippen LogP contribution in [-0.2, 0) is 10.2 Å². The molecule has 3 aromatic rings. The highest BCUT2D eigenvalue weighted by Gasteiger charge is 2.12. The molecule has 138 valence electrons. The lowest BCUT2D eigenvalue weighted by Gasteiger charge is -2.18. The molecule has 5 heteroatoms. The molecule has 0 unspecified atom stereocenters. The first kappa shape index (κ1) is 19.5. The normalized spacial score (nSPS) is 11.7. The zero-order valence-electron chi connectivity index (χ0n) is 15.5. The highest BCUT2D eigenvalue weighted by Crippen LogP contribution is 2.26. The summed E-state index contributed by atoms with van der Waals surface area (Å²) in [5.41, 5.74) is 4.26. The van der Waals surface area contributed by atoms with Gasteiger partial charge in [0.2, 0.25) is 5.91 Å². The van der Waals surface area contributed by atoms with Gasteiger partial charge in [-0.05, 0) is 34.8 Å². The third-order valence-corrected chi connectivity index (χ3v) is 5.36. The fourth-order valence-corrected chi connectivity index (χ4v) is 3.48. The molecule has 1 N–H and O–H groups in total. The van der Waals surface area contributed by atoms with Crippen molar-refractivity contribution in [1.82, 2.24) is 4.98 Å². The Morgan fingerprint density at radius 1 is 1.07 bits per heavy atom. The summed E-state index contributed by atoms with van der Waals surface area (Å²) in [6.07, 6.45) is 3.35. The number of anilines is 1. The maximum Gasteiger partial charge on any atom is 0.250 e. The molecule has 0 aliphatic carbocycles. The van der Waals surface area contributed by atoms with Gasteiger partial charge in [0.05, 0.1) is 5.69 Å². The Labute approximate surface area is 172 Å². The first-order valence-corrected chi connectivity index (χ1v) is 10.3. The van der Waals surface area contributed by atoms with Crippen molar-refractivity contribution < 1.29 is 4.79 Å². The summed E-state index contributed by atoms with van der Waals surface area (Å²) in [5, 5.41) is 5.35. The van der Waals surface area contributed by atoms with Crippen LogP contribution in [0.5, 0.6) is 0 Å². The minimum absolute atomic E-state index is 0.122. The fraction of sp³-hybridized carbons (Fsp3) is 0.182. The average molecular weight is 441 g/mol. The van der Waals surface area contributed by atoms with Gasteiger partial charge >= 0.3 is 0 Å². The van der Waals surface area contributed by atoms with Gasteiger partial charge in [0.1, 0.15) is 0 Å². The topological polar surface area (TPSA) is 42.0 Å². The Morgan fingerprint density at radius 2 is 1.74 bits per heavy atom. The highest BCUT2D eigenvalue weighted by molar-refractivity contribution is 9.10. The lowest BCUT2D eigenvalue weighted by atomic mass is 9.87. The zero-order chi connectivity index (χ0) is 19.4. The number of benzene rings is 2. The van der Waals surface area contributed by atoms with E-state index in [9.17, 15) is 4.79 Å². The molecule has 0 saturated carbocycles. The summed E-state index contributed by atoms with van der Waals surface area (Å²) in [6, 6.07) is 16.2. The molecule has 0 atom stereocenters. The Morgan fingerprint density at radius 3 is 2.37 bits per heavy atom. The second-order valence-electron chi connectivity index (χ2n) is 7.24. The number of hydrogen-bond acceptors (Lipinski definition) is 3. The fourth-order valence-electron chi connectivity index (χ4n) is 2.50. The molecule has 1 aromatic heterocycles. The molecule has 0 radical (unpaired) electrons. The average Bonchev–Trinajstić information content (AvgIpc) is 3.08. The maximum atomic E-state index is 12.2. The molecule has 1 heterocycles. The maximum absolute atomic E-state index is 12.2. The molecule has 1 amide bonds. The number of nitrogens with zero attached hydrogens (tertiary/aromatic N) is 1. The summed E-state index contributed by atoms with van der Waals surface area (Å²) >= 11 is 4.84. The van der Waals surface area contributed by atoms with E-state index < -0.39 is 0 Å². The molecular formula is C22H21BrN2OS. The minimum atomic E-state index is -0.188. The smallest absolute Gasteiger partial charge is 0.250 e. The Bertz CT molecular complexity index is 951. The number of carbonyl (C=O) groups excluding carboxylic acids is 1. The Kier molecular flexibility index (Phi) is 5.92. The number of rotatable bonds is 4. The molecule has 0 aliphatic heterocycles. The quantitative estimate of drug-likeness (QED) is 0.468. The minimum Gasteiger partial charge on any atom is -0.298 e. The molecule has 0 bridgehead atoms. The summed E-state index contributed by atoms with van der Waals surface area (Å²) in [4.78, 5) is 16.6. The third kappa shape index (κ3) is 5.37. The van der Waals surface area contributed by atoms with E-state index >= 15 is 0 Å². The van der Waals surface area contributed by atoms with Crippen molar-refractivity contribution in [1.29, 1.82) is 0 Å². The number of nitrogens with one attached hydrogen (secondary N) is 1. The molecule has 0 spiro atoms. The van der Waals surface area contributed by atoms with Crippen LogP contribution in [0.25, 0.3) is 17.3 Å². The van der Waals surface area contributed by atoms with E-state index in [-0.39, 0.29) is 11.3 Å². The van der Waals surface area contributed by atoms with Crippen LogP contribution in [0.1, 0.15) is 31.9 Å². The second kappa shape index (κ2) is 8.19. The highest BCUT2D eigenvalue weighted by atomic mass is 79.9. The van der Waals surface area contributed by atoms with Crippen LogP contribution in [0.2, 0.25) is 0 Å². The monoisotopic (exact) mass is 440 g/mol. The van der Waals surface area contributed by atoms with Gasteiger partial charge in [-0.3, -0.25) is 10.1 Å². The van der Waals surface area contributed by atoms with E-state index in [1.54, 1.807) is 0 Å². The van der Waals surface area contributed by atoms with Gasteiger partial charge in [0.25, 0.3) is 0 Å². The Balaban J connectivity index is 1.62. The number of thiazole rings is 1. The van der Waals surface area contributed by atoms with Gasteiger partial charge in [-0.2, -0.15) is 0 Å². The van der Waals surface area contributed by atoms with Crippen LogP contribution < -0.4 is 5.32 Å². The van der Waals surface area contributed by atoms with Crippen LogP contribution in [0, 0.1) is 0 Å². The lowest BCUT2D eigenvalue weighted by molar-refractivity contribution is -0.111. The summed E-state index contributed by atoms with van der Waals surface area (Å²) in [5.74, 6) is -0.188. The van der Waals surface area contributed by atoms with E-state index in [0.29, 0.717) is 5.13 Å². The van der Waals surface area contributed by atoms with E-state index in [1.807, 2.05) is 47.9 Å². The molecule has 3 nitrogen and oxygen atoms in total. The van der Waals surface area contributed by atoms with Crippen molar-refractivity contribution in [2.24, 2.45) is 0 Å². The molecule has 3 rings (SSSR count). The zero-order valence-corrected chi connectivity index (χ0v) is 17.9. The van der Waals surface area contributed by atoms with Gasteiger partial charge < -0.3 is 0 Å². The van der Waals surface area contributed by atoms with Gasteiger partial charge in [-0.15, -0.1) is 11.3 Å². The SMILES string of the molecule is CC(C)(C)c1ccc(C=CC(=O)Nc2nc(-c3ccc(Br)cc3)cs2)cc1. The van der Waals surface area contributed by atoms with E-state index in [2.05, 4.69) is 59.1 Å². The number of carbonyl (C=O) groups is 1. The molecular weight excluding hydrogens is 420 g/mol.